The van der Waals surface area contributed by atoms with Gasteiger partial charge in [-0.2, -0.15) is 0 Å². The number of nitrogens with one attached hydrogen (secondary N) is 1. The number of nitrogens with zero attached hydrogens (tertiary/aromatic N) is 3. The lowest BCUT2D eigenvalue weighted by atomic mass is 10.2. The van der Waals surface area contributed by atoms with Crippen molar-refractivity contribution in [3.05, 3.63) is 82.4 Å². The van der Waals surface area contributed by atoms with Crippen LogP contribution in [0.4, 0.5) is 10.1 Å². The Bertz CT molecular complexity index is 1060. The first-order chi connectivity index (χ1) is 15.0. The Hall–Kier alpha value is -2.10. The molecule has 0 aliphatic rings. The van der Waals surface area contributed by atoms with E-state index in [1.165, 1.54) is 35.0 Å². The molecule has 0 unspecified atom stereocenters. The second-order valence-corrected chi connectivity index (χ2v) is 9.58. The smallest absolute Gasteiger partial charge is 0.234 e. The number of carbonyl (C=O) groups excluding carboxylic acids is 1. The Morgan fingerprint density at radius 2 is 2.00 bits per heavy atom. The van der Waals surface area contributed by atoms with Crippen LogP contribution >= 0.6 is 39.5 Å². The molecule has 3 aromatic rings. The summed E-state index contributed by atoms with van der Waals surface area (Å²) in [5.74, 6) is 1.71. The molecule has 1 amide bonds. The summed E-state index contributed by atoms with van der Waals surface area (Å²) in [5.41, 5.74) is 2.65. The van der Waals surface area contributed by atoms with Gasteiger partial charge in [0.1, 0.15) is 11.6 Å². The van der Waals surface area contributed by atoms with Gasteiger partial charge >= 0.3 is 0 Å². The number of thioether (sulfide) groups is 2. The number of amides is 1. The van der Waals surface area contributed by atoms with Crippen molar-refractivity contribution in [3.63, 3.8) is 0 Å². The number of aryl methyl sites for hydroxylation is 1. The molecule has 0 bridgehead atoms. The van der Waals surface area contributed by atoms with Gasteiger partial charge in [-0.25, -0.2) is 4.39 Å². The number of halogens is 2. The molecule has 162 valence electrons. The minimum absolute atomic E-state index is 0.0985. The lowest BCUT2D eigenvalue weighted by molar-refractivity contribution is -0.113. The van der Waals surface area contributed by atoms with Crippen molar-refractivity contribution in [1.82, 2.24) is 14.8 Å². The molecular weight excluding hydrogens is 499 g/mol. The molecule has 31 heavy (non-hydrogen) atoms. The molecule has 1 aromatic heterocycles. The molecule has 0 saturated heterocycles. The Labute approximate surface area is 198 Å². The summed E-state index contributed by atoms with van der Waals surface area (Å²) in [6, 6.07) is 13.0. The lowest BCUT2D eigenvalue weighted by Crippen LogP contribution is -2.15. The van der Waals surface area contributed by atoms with Crippen LogP contribution in [-0.2, 0) is 22.8 Å². The average molecular weight is 521 g/mol. The van der Waals surface area contributed by atoms with Gasteiger partial charge in [0.05, 0.1) is 17.2 Å². The third-order valence-corrected chi connectivity index (χ3v) is 6.72. The van der Waals surface area contributed by atoms with Crippen molar-refractivity contribution in [2.24, 2.45) is 0 Å². The fourth-order valence-corrected chi connectivity index (χ4v) is 4.72. The number of hydrogen-bond acceptors (Lipinski definition) is 5. The summed E-state index contributed by atoms with van der Waals surface area (Å²) in [7, 11) is 0. The second kappa shape index (κ2) is 11.5. The van der Waals surface area contributed by atoms with E-state index in [2.05, 4.69) is 69.2 Å². The van der Waals surface area contributed by atoms with Gasteiger partial charge in [-0.05, 0) is 30.7 Å². The second-order valence-electron chi connectivity index (χ2n) is 6.74. The van der Waals surface area contributed by atoms with Crippen LogP contribution in [0.5, 0.6) is 0 Å². The van der Waals surface area contributed by atoms with Gasteiger partial charge < -0.3 is 9.88 Å². The molecule has 0 radical (unpaired) electrons. The quantitative estimate of drug-likeness (QED) is 0.269. The van der Waals surface area contributed by atoms with E-state index in [1.807, 2.05) is 4.57 Å². The molecule has 0 saturated carbocycles. The van der Waals surface area contributed by atoms with Crippen LogP contribution in [0, 0.1) is 12.7 Å². The van der Waals surface area contributed by atoms with E-state index in [0.717, 1.165) is 11.6 Å². The summed E-state index contributed by atoms with van der Waals surface area (Å²) in [6.45, 7) is 6.43. The van der Waals surface area contributed by atoms with Crippen LogP contribution in [0.15, 0.2) is 64.7 Å². The predicted octanol–water partition coefficient (Wildman–Crippen LogP) is 5.84. The highest BCUT2D eigenvalue weighted by molar-refractivity contribution is 9.10. The summed E-state index contributed by atoms with van der Waals surface area (Å²) in [5, 5.41) is 11.7. The topological polar surface area (TPSA) is 59.8 Å². The Balaban J connectivity index is 1.56. The fraction of sp³-hybridized carbons (Fsp3) is 0.227. The third kappa shape index (κ3) is 6.95. The summed E-state index contributed by atoms with van der Waals surface area (Å²) in [6.07, 6.45) is 1.78. The molecule has 0 spiro atoms. The molecule has 1 heterocycles. The molecular formula is C22H22BrFN4OS2. The van der Waals surface area contributed by atoms with E-state index in [-0.39, 0.29) is 17.3 Å². The molecule has 0 atom stereocenters. The minimum atomic E-state index is -0.490. The van der Waals surface area contributed by atoms with Crippen LogP contribution in [0.25, 0.3) is 0 Å². The van der Waals surface area contributed by atoms with Gasteiger partial charge in [0.25, 0.3) is 0 Å². The highest BCUT2D eigenvalue weighted by atomic mass is 79.9. The number of allylic oxidation sites excluding steroid dienone is 1. The molecule has 0 fully saturated rings. The first kappa shape index (κ1) is 23.6. The van der Waals surface area contributed by atoms with Crippen molar-refractivity contribution >= 4 is 51.0 Å². The number of carbonyl (C=O) groups is 1. The summed E-state index contributed by atoms with van der Waals surface area (Å²) < 4.78 is 16.5. The minimum Gasteiger partial charge on any atom is -0.323 e. The Morgan fingerprint density at radius 1 is 1.23 bits per heavy atom. The maximum atomic E-state index is 13.9. The lowest BCUT2D eigenvalue weighted by Gasteiger charge is -2.09. The van der Waals surface area contributed by atoms with Gasteiger partial charge in [-0.15, -0.1) is 28.5 Å². The van der Waals surface area contributed by atoms with E-state index in [0.29, 0.717) is 21.9 Å². The third-order valence-electron chi connectivity index (χ3n) is 4.26. The van der Waals surface area contributed by atoms with E-state index in [1.54, 1.807) is 23.9 Å². The zero-order valence-electron chi connectivity index (χ0n) is 17.0. The van der Waals surface area contributed by atoms with Crippen LogP contribution in [0.3, 0.4) is 0 Å². The number of anilines is 1. The molecule has 1 N–H and O–H groups in total. The van der Waals surface area contributed by atoms with E-state index >= 15 is 0 Å². The van der Waals surface area contributed by atoms with Crippen LogP contribution in [-0.4, -0.2) is 26.4 Å². The number of benzene rings is 2. The molecule has 0 aliphatic heterocycles. The largest absolute Gasteiger partial charge is 0.323 e. The normalized spacial score (nSPS) is 10.8. The van der Waals surface area contributed by atoms with Crippen molar-refractivity contribution in [1.29, 1.82) is 0 Å². The Kier molecular flexibility index (Phi) is 8.74. The van der Waals surface area contributed by atoms with E-state index in [4.69, 9.17) is 0 Å². The maximum absolute atomic E-state index is 13.9. The number of aromatic nitrogens is 3. The Morgan fingerprint density at radius 3 is 2.71 bits per heavy atom. The number of rotatable bonds is 10. The van der Waals surface area contributed by atoms with Crippen LogP contribution in [0.1, 0.15) is 17.0 Å². The molecule has 0 aliphatic carbocycles. The van der Waals surface area contributed by atoms with Gasteiger partial charge in [0.15, 0.2) is 5.16 Å². The van der Waals surface area contributed by atoms with Crippen LogP contribution < -0.4 is 5.32 Å². The van der Waals surface area contributed by atoms with Crippen molar-refractivity contribution in [3.8, 4) is 0 Å². The van der Waals surface area contributed by atoms with Gasteiger partial charge in [0.2, 0.25) is 5.91 Å². The van der Waals surface area contributed by atoms with E-state index < -0.39 is 5.82 Å². The summed E-state index contributed by atoms with van der Waals surface area (Å²) in [4.78, 5) is 12.3. The maximum Gasteiger partial charge on any atom is 0.234 e. The van der Waals surface area contributed by atoms with Gasteiger partial charge in [-0.1, -0.05) is 63.6 Å². The standard InChI is InChI=1S/C22H22BrFN4OS2/c1-3-10-28-20(13-30-12-16-6-4-15(2)5-7-16)26-27-22(28)31-14-21(29)25-19-9-8-17(23)11-18(19)24/h3-9,11H,1,10,12-14H2,2H3,(H,25,29). The number of hydrogen-bond donors (Lipinski definition) is 1. The van der Waals surface area contributed by atoms with Crippen molar-refractivity contribution in [2.45, 2.75) is 30.1 Å². The van der Waals surface area contributed by atoms with Crippen LogP contribution in [0.2, 0.25) is 0 Å². The van der Waals surface area contributed by atoms with Crippen molar-refractivity contribution in [2.75, 3.05) is 11.1 Å². The van der Waals surface area contributed by atoms with Gasteiger partial charge in [0, 0.05) is 16.8 Å². The molecule has 2 aromatic carbocycles. The SMILES string of the molecule is C=CCn1c(CSCc2ccc(C)cc2)nnc1SCC(=O)Nc1ccc(Br)cc1F. The first-order valence-corrected chi connectivity index (χ1v) is 12.4. The zero-order valence-corrected chi connectivity index (χ0v) is 20.2. The first-order valence-electron chi connectivity index (χ1n) is 9.50. The monoisotopic (exact) mass is 520 g/mol. The highest BCUT2D eigenvalue weighted by Crippen LogP contribution is 2.23. The fourth-order valence-electron chi connectivity index (χ4n) is 2.70. The zero-order chi connectivity index (χ0) is 22.2. The predicted molar refractivity (Wildman–Crippen MR) is 130 cm³/mol. The molecule has 5 nitrogen and oxygen atoms in total. The van der Waals surface area contributed by atoms with Gasteiger partial charge in [-0.3, -0.25) is 4.79 Å². The van der Waals surface area contributed by atoms with Crippen molar-refractivity contribution < 1.29 is 9.18 Å². The average Bonchev–Trinajstić information content (AvgIpc) is 3.12. The van der Waals surface area contributed by atoms with E-state index in [9.17, 15) is 9.18 Å². The summed E-state index contributed by atoms with van der Waals surface area (Å²) >= 11 is 6.22. The highest BCUT2D eigenvalue weighted by Gasteiger charge is 2.14. The molecule has 3 rings (SSSR count). The molecule has 9 heteroatoms.